The van der Waals surface area contributed by atoms with Crippen molar-refractivity contribution in [2.75, 3.05) is 31.3 Å². The molecule has 2 aromatic heterocycles. The third-order valence-corrected chi connectivity index (χ3v) is 4.67. The summed E-state index contributed by atoms with van der Waals surface area (Å²) in [5.41, 5.74) is 11.5. The first-order valence-corrected chi connectivity index (χ1v) is 9.20. The molecule has 2 heterocycles. The molecule has 0 radical (unpaired) electrons. The van der Waals surface area contributed by atoms with Crippen molar-refractivity contribution in [3.05, 3.63) is 46.9 Å². The van der Waals surface area contributed by atoms with E-state index in [1.807, 2.05) is 49.8 Å². The van der Waals surface area contributed by atoms with Crippen molar-refractivity contribution in [3.63, 3.8) is 0 Å². The second-order valence-corrected chi connectivity index (χ2v) is 6.59. The molecule has 0 aliphatic heterocycles. The van der Waals surface area contributed by atoms with Crippen LogP contribution in [-0.4, -0.2) is 40.5 Å². The summed E-state index contributed by atoms with van der Waals surface area (Å²) < 4.78 is 7.47. The number of benzene rings is 1. The average Bonchev–Trinajstić information content (AvgIpc) is 2.96. The SMILES string of the molecule is CNc1cc(C)nc(Nc2ccc(OC)c(-n3nc(CCN)c(C)c3C)c2)n1. The highest BCUT2D eigenvalue weighted by Crippen LogP contribution is 2.30. The fourth-order valence-electron chi connectivity index (χ4n) is 3.06. The summed E-state index contributed by atoms with van der Waals surface area (Å²) in [4.78, 5) is 8.90. The summed E-state index contributed by atoms with van der Waals surface area (Å²) in [6.45, 7) is 6.61. The van der Waals surface area contributed by atoms with Crippen LogP contribution in [-0.2, 0) is 6.42 Å². The van der Waals surface area contributed by atoms with E-state index >= 15 is 0 Å². The van der Waals surface area contributed by atoms with E-state index in [2.05, 4.69) is 27.5 Å². The highest BCUT2D eigenvalue weighted by molar-refractivity contribution is 5.63. The van der Waals surface area contributed by atoms with Crippen LogP contribution >= 0.6 is 0 Å². The number of aromatic nitrogens is 4. The van der Waals surface area contributed by atoms with Crippen LogP contribution in [0, 0.1) is 20.8 Å². The molecule has 0 atom stereocenters. The first-order valence-electron chi connectivity index (χ1n) is 9.20. The Balaban J connectivity index is 2.02. The van der Waals surface area contributed by atoms with Crippen LogP contribution in [0.3, 0.4) is 0 Å². The molecular formula is C20H27N7O. The summed E-state index contributed by atoms with van der Waals surface area (Å²) in [5.74, 6) is 2.02. The monoisotopic (exact) mass is 381 g/mol. The Morgan fingerprint density at radius 3 is 2.61 bits per heavy atom. The molecule has 3 rings (SSSR count). The van der Waals surface area contributed by atoms with Crippen LogP contribution in [0.4, 0.5) is 17.5 Å². The number of nitrogens with zero attached hydrogens (tertiary/aromatic N) is 4. The molecule has 0 bridgehead atoms. The maximum Gasteiger partial charge on any atom is 0.229 e. The second kappa shape index (κ2) is 8.26. The van der Waals surface area contributed by atoms with Gasteiger partial charge in [0.15, 0.2) is 0 Å². The number of hydrogen-bond acceptors (Lipinski definition) is 7. The van der Waals surface area contributed by atoms with Crippen LogP contribution < -0.4 is 21.1 Å². The van der Waals surface area contributed by atoms with Crippen molar-refractivity contribution in [3.8, 4) is 11.4 Å². The molecule has 148 valence electrons. The summed E-state index contributed by atoms with van der Waals surface area (Å²) in [7, 11) is 3.49. The van der Waals surface area contributed by atoms with Crippen molar-refractivity contribution in [1.29, 1.82) is 0 Å². The number of aryl methyl sites for hydroxylation is 1. The van der Waals surface area contributed by atoms with Gasteiger partial charge in [0.1, 0.15) is 17.3 Å². The fraction of sp³-hybridized carbons (Fsp3) is 0.350. The molecule has 0 amide bonds. The normalized spacial score (nSPS) is 10.8. The van der Waals surface area contributed by atoms with Crippen LogP contribution in [0.15, 0.2) is 24.3 Å². The molecule has 8 nitrogen and oxygen atoms in total. The largest absolute Gasteiger partial charge is 0.494 e. The smallest absolute Gasteiger partial charge is 0.229 e. The van der Waals surface area contributed by atoms with Crippen LogP contribution in [0.25, 0.3) is 5.69 Å². The van der Waals surface area contributed by atoms with E-state index in [0.717, 1.165) is 52.0 Å². The van der Waals surface area contributed by atoms with Gasteiger partial charge in [-0.05, 0) is 51.1 Å². The van der Waals surface area contributed by atoms with Crippen LogP contribution in [0.2, 0.25) is 0 Å². The van der Waals surface area contributed by atoms with Gasteiger partial charge in [-0.15, -0.1) is 0 Å². The third kappa shape index (κ3) is 3.91. The van der Waals surface area contributed by atoms with Gasteiger partial charge < -0.3 is 21.1 Å². The summed E-state index contributed by atoms with van der Waals surface area (Å²) in [5, 5.41) is 11.1. The molecule has 0 saturated heterocycles. The van der Waals surface area contributed by atoms with E-state index in [-0.39, 0.29) is 0 Å². The van der Waals surface area contributed by atoms with Crippen molar-refractivity contribution in [2.24, 2.45) is 5.73 Å². The first-order chi connectivity index (χ1) is 13.5. The predicted molar refractivity (Wildman–Crippen MR) is 112 cm³/mol. The van der Waals surface area contributed by atoms with E-state index in [1.54, 1.807) is 7.11 Å². The third-order valence-electron chi connectivity index (χ3n) is 4.67. The van der Waals surface area contributed by atoms with Gasteiger partial charge in [-0.25, -0.2) is 9.67 Å². The van der Waals surface area contributed by atoms with E-state index in [4.69, 9.17) is 15.6 Å². The van der Waals surface area contributed by atoms with E-state index in [9.17, 15) is 0 Å². The molecule has 4 N–H and O–H groups in total. The maximum atomic E-state index is 5.73. The minimum absolute atomic E-state index is 0.526. The Bertz CT molecular complexity index is 981. The zero-order valence-corrected chi connectivity index (χ0v) is 17.0. The Labute approximate surface area is 165 Å². The molecular weight excluding hydrogens is 354 g/mol. The van der Waals surface area contributed by atoms with Gasteiger partial charge in [0.05, 0.1) is 12.8 Å². The molecule has 28 heavy (non-hydrogen) atoms. The molecule has 8 heteroatoms. The Morgan fingerprint density at radius 2 is 1.93 bits per heavy atom. The number of methoxy groups -OCH3 is 1. The highest BCUT2D eigenvalue weighted by atomic mass is 16.5. The van der Waals surface area contributed by atoms with Gasteiger partial charge in [0, 0.05) is 36.6 Å². The Kier molecular flexibility index (Phi) is 5.79. The second-order valence-electron chi connectivity index (χ2n) is 6.59. The lowest BCUT2D eigenvalue weighted by atomic mass is 10.1. The van der Waals surface area contributed by atoms with Crippen molar-refractivity contribution in [2.45, 2.75) is 27.2 Å². The van der Waals surface area contributed by atoms with E-state index in [1.165, 1.54) is 0 Å². The lowest BCUT2D eigenvalue weighted by molar-refractivity contribution is 0.411. The Hall–Kier alpha value is -3.13. The number of nitrogens with two attached hydrogens (primary N) is 1. The summed E-state index contributed by atoms with van der Waals surface area (Å²) >= 11 is 0. The number of hydrogen-bond donors (Lipinski definition) is 3. The number of nitrogens with one attached hydrogen (secondary N) is 2. The number of anilines is 3. The van der Waals surface area contributed by atoms with Gasteiger partial charge >= 0.3 is 0 Å². The van der Waals surface area contributed by atoms with Crippen molar-refractivity contribution >= 4 is 17.5 Å². The summed E-state index contributed by atoms with van der Waals surface area (Å²) in [6.07, 6.45) is 0.740. The topological polar surface area (TPSA) is 103 Å². The molecule has 0 fully saturated rings. The van der Waals surface area contributed by atoms with E-state index < -0.39 is 0 Å². The van der Waals surface area contributed by atoms with Crippen LogP contribution in [0.1, 0.15) is 22.6 Å². The van der Waals surface area contributed by atoms with Crippen LogP contribution in [0.5, 0.6) is 5.75 Å². The maximum absolute atomic E-state index is 5.73. The molecule has 0 aliphatic rings. The van der Waals surface area contributed by atoms with Gasteiger partial charge in [0.2, 0.25) is 5.95 Å². The van der Waals surface area contributed by atoms with Gasteiger partial charge in [-0.2, -0.15) is 10.1 Å². The van der Waals surface area contributed by atoms with Gasteiger partial charge in [0.25, 0.3) is 0 Å². The zero-order chi connectivity index (χ0) is 20.3. The molecule has 0 spiro atoms. The predicted octanol–water partition coefficient (Wildman–Crippen LogP) is 2.88. The minimum Gasteiger partial charge on any atom is -0.494 e. The van der Waals surface area contributed by atoms with Gasteiger partial charge in [-0.3, -0.25) is 0 Å². The zero-order valence-electron chi connectivity index (χ0n) is 17.0. The van der Waals surface area contributed by atoms with Crippen molar-refractivity contribution < 1.29 is 4.74 Å². The lowest BCUT2D eigenvalue weighted by Crippen LogP contribution is -2.06. The van der Waals surface area contributed by atoms with Gasteiger partial charge in [-0.1, -0.05) is 0 Å². The Morgan fingerprint density at radius 1 is 1.14 bits per heavy atom. The average molecular weight is 381 g/mol. The quantitative estimate of drug-likeness (QED) is 0.578. The number of rotatable bonds is 7. The first kappa shape index (κ1) is 19.6. The van der Waals surface area contributed by atoms with Crippen molar-refractivity contribution in [1.82, 2.24) is 19.7 Å². The standard InChI is InChI=1S/C20H27N7O/c1-12-10-19(22-4)25-20(23-12)24-15-6-7-18(28-5)17(11-15)27-14(3)13(2)16(26-27)8-9-21/h6-7,10-11H,8-9,21H2,1-5H3,(H2,22,23,24,25). The van der Waals surface area contributed by atoms with E-state index in [0.29, 0.717) is 12.5 Å². The highest BCUT2D eigenvalue weighted by Gasteiger charge is 2.16. The fourth-order valence-corrected chi connectivity index (χ4v) is 3.06. The molecule has 0 unspecified atom stereocenters. The molecule has 3 aromatic rings. The minimum atomic E-state index is 0.526. The molecule has 0 aliphatic carbocycles. The lowest BCUT2D eigenvalue weighted by Gasteiger charge is -2.14. The molecule has 0 saturated carbocycles. The summed E-state index contributed by atoms with van der Waals surface area (Å²) in [6, 6.07) is 7.71. The molecule has 1 aromatic carbocycles. The number of ether oxygens (including phenoxy) is 1.